The van der Waals surface area contributed by atoms with E-state index in [0.717, 1.165) is 17.1 Å². The van der Waals surface area contributed by atoms with Crippen LogP contribution in [-0.2, 0) is 9.53 Å². The van der Waals surface area contributed by atoms with Gasteiger partial charge in [-0.05, 0) is 37.3 Å². The summed E-state index contributed by atoms with van der Waals surface area (Å²) in [5.74, 6) is 0.500. The van der Waals surface area contributed by atoms with Gasteiger partial charge in [-0.15, -0.1) is 0 Å². The fraction of sp³-hybridized carbons (Fsp3) is 0.111. The molecule has 116 valence electrons. The van der Waals surface area contributed by atoms with Crippen molar-refractivity contribution < 1.29 is 9.53 Å². The third-order valence-electron chi connectivity index (χ3n) is 3.31. The Hall–Kier alpha value is -3.08. The van der Waals surface area contributed by atoms with E-state index in [-0.39, 0.29) is 5.97 Å². The van der Waals surface area contributed by atoms with Crippen LogP contribution >= 0.6 is 0 Å². The minimum atomic E-state index is -0.363. The van der Waals surface area contributed by atoms with E-state index in [1.807, 2.05) is 64.1 Å². The molecule has 2 heterocycles. The van der Waals surface area contributed by atoms with E-state index in [9.17, 15) is 4.79 Å². The van der Waals surface area contributed by atoms with Crippen molar-refractivity contribution in [1.29, 1.82) is 0 Å². The second-order valence-electron chi connectivity index (χ2n) is 4.85. The van der Waals surface area contributed by atoms with Crippen molar-refractivity contribution in [1.82, 2.24) is 14.3 Å². The number of nitrogens with zero attached hydrogens (tertiary/aromatic N) is 3. The highest BCUT2D eigenvalue weighted by atomic mass is 16.5. The fourth-order valence-corrected chi connectivity index (χ4v) is 2.31. The Labute approximate surface area is 134 Å². The largest absolute Gasteiger partial charge is 0.463 e. The maximum atomic E-state index is 11.5. The zero-order chi connectivity index (χ0) is 16.1. The summed E-state index contributed by atoms with van der Waals surface area (Å²) in [5, 5.41) is 4.46. The first-order valence-corrected chi connectivity index (χ1v) is 7.41. The molecule has 0 aliphatic rings. The lowest BCUT2D eigenvalue weighted by atomic mass is 10.2. The van der Waals surface area contributed by atoms with Crippen LogP contribution in [0.2, 0.25) is 0 Å². The Morgan fingerprint density at radius 3 is 2.61 bits per heavy atom. The second-order valence-corrected chi connectivity index (χ2v) is 4.85. The Morgan fingerprint density at radius 2 is 1.91 bits per heavy atom. The van der Waals surface area contributed by atoms with E-state index in [1.165, 1.54) is 6.08 Å². The molecule has 3 aromatic rings. The first-order chi connectivity index (χ1) is 11.3. The normalized spacial score (nSPS) is 11.0. The number of esters is 1. The van der Waals surface area contributed by atoms with Crippen LogP contribution in [0, 0.1) is 0 Å². The predicted molar refractivity (Wildman–Crippen MR) is 88.6 cm³/mol. The van der Waals surface area contributed by atoms with E-state index in [4.69, 9.17) is 4.74 Å². The standard InChI is InChI=1S/C18H17N3O2/c1-2-23-17(22)11-10-15-14-19-21(16-8-4-3-5-9-16)18(15)20-12-6-7-13-20/h3-14H,2H2,1H3/b11-10+. The van der Waals surface area contributed by atoms with Crippen LogP contribution < -0.4 is 0 Å². The molecule has 23 heavy (non-hydrogen) atoms. The summed E-state index contributed by atoms with van der Waals surface area (Å²) < 4.78 is 8.73. The number of aromatic nitrogens is 3. The van der Waals surface area contributed by atoms with Crippen LogP contribution in [0.1, 0.15) is 12.5 Å². The quantitative estimate of drug-likeness (QED) is 0.537. The van der Waals surface area contributed by atoms with Crippen LogP contribution in [0.5, 0.6) is 0 Å². The molecule has 0 fully saturated rings. The summed E-state index contributed by atoms with van der Waals surface area (Å²) in [5.41, 5.74) is 1.78. The van der Waals surface area contributed by atoms with Gasteiger partial charge in [-0.25, -0.2) is 9.48 Å². The molecule has 0 unspecified atom stereocenters. The molecule has 0 radical (unpaired) electrons. The molecule has 0 atom stereocenters. The zero-order valence-corrected chi connectivity index (χ0v) is 12.8. The third kappa shape index (κ3) is 3.23. The van der Waals surface area contributed by atoms with Gasteiger partial charge in [0.1, 0.15) is 5.82 Å². The molecule has 5 nitrogen and oxygen atoms in total. The number of para-hydroxylation sites is 1. The summed E-state index contributed by atoms with van der Waals surface area (Å²) in [6.45, 7) is 2.14. The molecule has 2 aromatic heterocycles. The van der Waals surface area contributed by atoms with Gasteiger partial charge in [0.25, 0.3) is 0 Å². The summed E-state index contributed by atoms with van der Waals surface area (Å²) in [4.78, 5) is 11.5. The molecule has 0 bridgehead atoms. The highest BCUT2D eigenvalue weighted by Crippen LogP contribution is 2.20. The van der Waals surface area contributed by atoms with Gasteiger partial charge in [0, 0.05) is 24.0 Å². The van der Waals surface area contributed by atoms with Gasteiger partial charge in [-0.1, -0.05) is 18.2 Å². The highest BCUT2D eigenvalue weighted by Gasteiger charge is 2.12. The summed E-state index contributed by atoms with van der Waals surface area (Å²) in [6.07, 6.45) is 8.76. The third-order valence-corrected chi connectivity index (χ3v) is 3.31. The van der Waals surface area contributed by atoms with E-state index in [0.29, 0.717) is 6.61 Å². The topological polar surface area (TPSA) is 49.0 Å². The molecule has 1 aromatic carbocycles. The van der Waals surface area contributed by atoms with Crippen LogP contribution in [0.4, 0.5) is 0 Å². The lowest BCUT2D eigenvalue weighted by Gasteiger charge is -2.09. The molecule has 0 amide bonds. The summed E-state index contributed by atoms with van der Waals surface area (Å²) >= 11 is 0. The monoisotopic (exact) mass is 307 g/mol. The lowest BCUT2D eigenvalue weighted by molar-refractivity contribution is -0.137. The Kier molecular flexibility index (Phi) is 4.38. The van der Waals surface area contributed by atoms with Crippen molar-refractivity contribution >= 4 is 12.0 Å². The number of hydrogen-bond acceptors (Lipinski definition) is 3. The van der Waals surface area contributed by atoms with Crippen LogP contribution in [-0.4, -0.2) is 26.9 Å². The van der Waals surface area contributed by atoms with E-state index in [1.54, 1.807) is 19.2 Å². The van der Waals surface area contributed by atoms with Gasteiger partial charge >= 0.3 is 5.97 Å². The smallest absolute Gasteiger partial charge is 0.330 e. The Balaban J connectivity index is 2.04. The molecule has 0 saturated heterocycles. The minimum absolute atomic E-state index is 0.358. The Morgan fingerprint density at radius 1 is 1.17 bits per heavy atom. The molecule has 0 N–H and O–H groups in total. The van der Waals surface area contributed by atoms with Gasteiger partial charge in [0.2, 0.25) is 0 Å². The van der Waals surface area contributed by atoms with Gasteiger partial charge in [0.05, 0.1) is 18.5 Å². The SMILES string of the molecule is CCOC(=O)/C=C/c1cnn(-c2ccccc2)c1-n1cccc1. The lowest BCUT2D eigenvalue weighted by Crippen LogP contribution is -2.05. The number of rotatable bonds is 5. The number of hydrogen-bond donors (Lipinski definition) is 0. The van der Waals surface area contributed by atoms with Crippen LogP contribution in [0.15, 0.2) is 67.1 Å². The summed E-state index contributed by atoms with van der Waals surface area (Å²) in [6, 6.07) is 13.7. The molecular weight excluding hydrogens is 290 g/mol. The van der Waals surface area contributed by atoms with Gasteiger partial charge in [-0.2, -0.15) is 5.10 Å². The zero-order valence-electron chi connectivity index (χ0n) is 12.8. The second kappa shape index (κ2) is 6.79. The minimum Gasteiger partial charge on any atom is -0.463 e. The molecular formula is C18H17N3O2. The maximum absolute atomic E-state index is 11.5. The molecule has 3 rings (SSSR count). The number of carbonyl (C=O) groups is 1. The highest BCUT2D eigenvalue weighted by molar-refractivity contribution is 5.87. The van der Waals surface area contributed by atoms with Gasteiger partial charge < -0.3 is 9.30 Å². The van der Waals surface area contributed by atoms with Gasteiger partial charge in [-0.3, -0.25) is 0 Å². The van der Waals surface area contributed by atoms with Crippen molar-refractivity contribution in [3.8, 4) is 11.5 Å². The predicted octanol–water partition coefficient (Wildman–Crippen LogP) is 3.24. The summed E-state index contributed by atoms with van der Waals surface area (Å²) in [7, 11) is 0. The van der Waals surface area contributed by atoms with Crippen molar-refractivity contribution in [2.75, 3.05) is 6.61 Å². The van der Waals surface area contributed by atoms with Gasteiger partial charge in [0.15, 0.2) is 0 Å². The first-order valence-electron chi connectivity index (χ1n) is 7.41. The van der Waals surface area contributed by atoms with Crippen molar-refractivity contribution in [2.45, 2.75) is 6.92 Å². The van der Waals surface area contributed by atoms with E-state index in [2.05, 4.69) is 5.10 Å². The van der Waals surface area contributed by atoms with Crippen molar-refractivity contribution in [2.24, 2.45) is 0 Å². The maximum Gasteiger partial charge on any atom is 0.330 e. The van der Waals surface area contributed by atoms with E-state index >= 15 is 0 Å². The molecule has 0 aliphatic carbocycles. The molecule has 0 saturated carbocycles. The average Bonchev–Trinajstić information content (AvgIpc) is 3.23. The van der Waals surface area contributed by atoms with Crippen molar-refractivity contribution in [3.05, 3.63) is 72.7 Å². The van der Waals surface area contributed by atoms with Crippen molar-refractivity contribution in [3.63, 3.8) is 0 Å². The fourth-order valence-electron chi connectivity index (χ4n) is 2.31. The molecule has 5 heteroatoms. The van der Waals surface area contributed by atoms with Crippen LogP contribution in [0.3, 0.4) is 0 Å². The number of carbonyl (C=O) groups excluding carboxylic acids is 1. The average molecular weight is 307 g/mol. The molecule has 0 aliphatic heterocycles. The Bertz CT molecular complexity index is 802. The molecule has 0 spiro atoms. The van der Waals surface area contributed by atoms with E-state index < -0.39 is 0 Å². The van der Waals surface area contributed by atoms with Crippen LogP contribution in [0.25, 0.3) is 17.6 Å². The number of ether oxygens (including phenoxy) is 1. The first kappa shape index (κ1) is 14.8. The number of benzene rings is 1.